The van der Waals surface area contributed by atoms with Crippen LogP contribution >= 0.6 is 11.6 Å². The molecule has 0 aromatic rings. The summed E-state index contributed by atoms with van der Waals surface area (Å²) in [6.07, 6.45) is 1.94. The average molecular weight is 175 g/mol. The Bertz CT molecular complexity index is 189. The fourth-order valence-corrected chi connectivity index (χ4v) is 1.84. The van der Waals surface area contributed by atoms with Crippen molar-refractivity contribution in [3.8, 4) is 0 Å². The van der Waals surface area contributed by atoms with Gasteiger partial charge in [0.05, 0.1) is 5.92 Å². The Hall–Kier alpha value is -0.500. The van der Waals surface area contributed by atoms with Crippen LogP contribution in [0.2, 0.25) is 0 Å². The SMILES string of the molecule is C=C1CC(Cl)CC(C(=O)O)C1. The van der Waals surface area contributed by atoms with Crippen LogP contribution < -0.4 is 0 Å². The molecule has 1 rings (SSSR count). The summed E-state index contributed by atoms with van der Waals surface area (Å²) in [5, 5.41) is 8.64. The molecule has 3 heteroatoms. The van der Waals surface area contributed by atoms with Crippen molar-refractivity contribution in [2.45, 2.75) is 24.6 Å². The maximum absolute atomic E-state index is 10.5. The second-order valence-electron chi connectivity index (χ2n) is 3.03. The van der Waals surface area contributed by atoms with Crippen LogP contribution in [0.3, 0.4) is 0 Å². The van der Waals surface area contributed by atoms with Gasteiger partial charge in [0.15, 0.2) is 0 Å². The fourth-order valence-electron chi connectivity index (χ4n) is 1.41. The number of carboxylic acids is 1. The third-order valence-electron chi connectivity index (χ3n) is 1.93. The molecule has 0 aliphatic heterocycles. The molecule has 0 aromatic heterocycles. The minimum absolute atomic E-state index is 0.0302. The van der Waals surface area contributed by atoms with E-state index in [2.05, 4.69) is 6.58 Å². The summed E-state index contributed by atoms with van der Waals surface area (Å²) in [6, 6.07) is 0. The first-order valence-electron chi connectivity index (χ1n) is 3.63. The van der Waals surface area contributed by atoms with Gasteiger partial charge in [0.25, 0.3) is 0 Å². The maximum Gasteiger partial charge on any atom is 0.306 e. The van der Waals surface area contributed by atoms with E-state index in [0.717, 1.165) is 12.0 Å². The van der Waals surface area contributed by atoms with Gasteiger partial charge in [-0.15, -0.1) is 11.6 Å². The minimum Gasteiger partial charge on any atom is -0.481 e. The molecule has 0 heterocycles. The second kappa shape index (κ2) is 3.26. The van der Waals surface area contributed by atoms with Gasteiger partial charge in [-0.25, -0.2) is 0 Å². The van der Waals surface area contributed by atoms with Gasteiger partial charge in [0, 0.05) is 5.38 Å². The van der Waals surface area contributed by atoms with Gasteiger partial charge >= 0.3 is 5.97 Å². The average Bonchev–Trinajstić information content (AvgIpc) is 1.85. The van der Waals surface area contributed by atoms with Crippen molar-refractivity contribution in [3.05, 3.63) is 12.2 Å². The lowest BCUT2D eigenvalue weighted by atomic mass is 9.86. The van der Waals surface area contributed by atoms with Gasteiger partial charge in [-0.1, -0.05) is 12.2 Å². The van der Waals surface area contributed by atoms with Gasteiger partial charge in [-0.2, -0.15) is 0 Å². The Morgan fingerprint density at radius 3 is 2.73 bits per heavy atom. The molecule has 2 atom stereocenters. The Balaban J connectivity index is 2.56. The molecule has 2 nitrogen and oxygen atoms in total. The Kier molecular flexibility index (Phi) is 2.55. The summed E-state index contributed by atoms with van der Waals surface area (Å²) in [7, 11) is 0. The number of hydrogen-bond acceptors (Lipinski definition) is 1. The van der Waals surface area contributed by atoms with Crippen molar-refractivity contribution < 1.29 is 9.90 Å². The lowest BCUT2D eigenvalue weighted by Gasteiger charge is -2.23. The number of carboxylic acid groups (broad SMARTS) is 1. The van der Waals surface area contributed by atoms with Crippen LogP contribution in [0.25, 0.3) is 0 Å². The van der Waals surface area contributed by atoms with Gasteiger partial charge in [0.1, 0.15) is 0 Å². The molecule has 62 valence electrons. The van der Waals surface area contributed by atoms with E-state index >= 15 is 0 Å². The van der Waals surface area contributed by atoms with Crippen LogP contribution in [0.5, 0.6) is 0 Å². The lowest BCUT2D eigenvalue weighted by Crippen LogP contribution is -2.23. The van der Waals surface area contributed by atoms with Crippen LogP contribution in [0.1, 0.15) is 19.3 Å². The van der Waals surface area contributed by atoms with E-state index in [4.69, 9.17) is 16.7 Å². The van der Waals surface area contributed by atoms with Gasteiger partial charge in [0.2, 0.25) is 0 Å². The van der Waals surface area contributed by atoms with E-state index in [1.54, 1.807) is 0 Å². The zero-order valence-corrected chi connectivity index (χ0v) is 6.97. The molecule has 0 bridgehead atoms. The summed E-state index contributed by atoms with van der Waals surface area (Å²) in [5.74, 6) is -1.06. The molecule has 2 unspecified atom stereocenters. The largest absolute Gasteiger partial charge is 0.481 e. The van der Waals surface area contributed by atoms with E-state index in [0.29, 0.717) is 12.8 Å². The maximum atomic E-state index is 10.5. The highest BCUT2D eigenvalue weighted by Gasteiger charge is 2.27. The molecule has 1 saturated carbocycles. The monoisotopic (exact) mass is 174 g/mol. The van der Waals surface area contributed by atoms with Crippen molar-refractivity contribution in [1.29, 1.82) is 0 Å². The molecule has 0 saturated heterocycles. The van der Waals surface area contributed by atoms with Gasteiger partial charge < -0.3 is 5.11 Å². The first-order valence-corrected chi connectivity index (χ1v) is 4.06. The first-order chi connectivity index (χ1) is 5.09. The van der Waals surface area contributed by atoms with Crippen LogP contribution in [0.15, 0.2) is 12.2 Å². The van der Waals surface area contributed by atoms with Crippen molar-refractivity contribution >= 4 is 17.6 Å². The molecule has 1 N–H and O–H groups in total. The zero-order chi connectivity index (χ0) is 8.43. The van der Waals surface area contributed by atoms with E-state index in [1.165, 1.54) is 0 Å². The number of alkyl halides is 1. The molecular weight excluding hydrogens is 164 g/mol. The third-order valence-corrected chi connectivity index (χ3v) is 2.27. The van der Waals surface area contributed by atoms with Gasteiger partial charge in [-0.3, -0.25) is 4.79 Å². The number of allylic oxidation sites excluding steroid dienone is 1. The second-order valence-corrected chi connectivity index (χ2v) is 3.64. The predicted molar refractivity (Wildman–Crippen MR) is 43.8 cm³/mol. The molecule has 0 radical (unpaired) electrons. The highest BCUT2D eigenvalue weighted by Crippen LogP contribution is 2.30. The molecule has 1 aliphatic rings. The Morgan fingerprint density at radius 1 is 1.64 bits per heavy atom. The van der Waals surface area contributed by atoms with E-state index in [9.17, 15) is 4.79 Å². The van der Waals surface area contributed by atoms with Crippen LogP contribution in [0.4, 0.5) is 0 Å². The number of aliphatic carboxylic acids is 1. The molecule has 0 aromatic carbocycles. The van der Waals surface area contributed by atoms with Crippen LogP contribution in [-0.2, 0) is 4.79 Å². The zero-order valence-electron chi connectivity index (χ0n) is 6.22. The van der Waals surface area contributed by atoms with Crippen molar-refractivity contribution in [3.63, 3.8) is 0 Å². The molecule has 0 amide bonds. The molecular formula is C8H11ClO2. The molecule has 11 heavy (non-hydrogen) atoms. The summed E-state index contributed by atoms with van der Waals surface area (Å²) in [6.45, 7) is 3.75. The highest BCUT2D eigenvalue weighted by atomic mass is 35.5. The first kappa shape index (κ1) is 8.60. The summed E-state index contributed by atoms with van der Waals surface area (Å²) in [4.78, 5) is 10.5. The smallest absolute Gasteiger partial charge is 0.306 e. The Labute approximate surface area is 70.9 Å². The lowest BCUT2D eigenvalue weighted by molar-refractivity contribution is -0.142. The quantitative estimate of drug-likeness (QED) is 0.488. The normalized spacial score (nSPS) is 31.9. The topological polar surface area (TPSA) is 37.3 Å². The van der Waals surface area contributed by atoms with Crippen molar-refractivity contribution in [1.82, 2.24) is 0 Å². The van der Waals surface area contributed by atoms with E-state index < -0.39 is 5.97 Å². The number of carbonyl (C=O) groups is 1. The van der Waals surface area contributed by atoms with Crippen LogP contribution in [0, 0.1) is 5.92 Å². The van der Waals surface area contributed by atoms with E-state index in [-0.39, 0.29) is 11.3 Å². The van der Waals surface area contributed by atoms with Gasteiger partial charge in [-0.05, 0) is 19.3 Å². The Morgan fingerprint density at radius 2 is 2.27 bits per heavy atom. The minimum atomic E-state index is -0.753. The van der Waals surface area contributed by atoms with Crippen molar-refractivity contribution in [2.75, 3.05) is 0 Å². The number of halogens is 1. The summed E-state index contributed by atoms with van der Waals surface area (Å²) >= 11 is 5.83. The predicted octanol–water partition coefficient (Wildman–Crippen LogP) is 2.03. The van der Waals surface area contributed by atoms with E-state index in [1.807, 2.05) is 0 Å². The number of rotatable bonds is 1. The summed E-state index contributed by atoms with van der Waals surface area (Å²) in [5.41, 5.74) is 0.962. The van der Waals surface area contributed by atoms with Crippen molar-refractivity contribution in [2.24, 2.45) is 5.92 Å². The van der Waals surface area contributed by atoms with Crippen LogP contribution in [-0.4, -0.2) is 16.5 Å². The number of hydrogen-bond donors (Lipinski definition) is 1. The summed E-state index contributed by atoms with van der Waals surface area (Å²) < 4.78 is 0. The molecule has 1 aliphatic carbocycles. The molecule has 1 fully saturated rings. The molecule has 0 spiro atoms. The fraction of sp³-hybridized carbons (Fsp3) is 0.625. The third kappa shape index (κ3) is 2.22. The standard InChI is InChI=1S/C8H11ClO2/c1-5-2-6(8(10)11)4-7(9)3-5/h6-7H,1-4H2,(H,10,11). The highest BCUT2D eigenvalue weighted by molar-refractivity contribution is 6.20.